The number of anilines is 2. The molecule has 0 saturated carbocycles. The number of aromatic nitrogens is 4. The van der Waals surface area contributed by atoms with E-state index in [-0.39, 0.29) is 5.82 Å². The van der Waals surface area contributed by atoms with Crippen LogP contribution in [0.25, 0.3) is 11.3 Å². The van der Waals surface area contributed by atoms with Crippen LogP contribution >= 0.6 is 15.9 Å². The third-order valence-corrected chi connectivity index (χ3v) is 3.27. The van der Waals surface area contributed by atoms with Crippen LogP contribution in [0.2, 0.25) is 0 Å². The molecule has 0 fully saturated rings. The normalized spacial score (nSPS) is 10.6. The Morgan fingerprint density at radius 1 is 1.19 bits per heavy atom. The van der Waals surface area contributed by atoms with Crippen LogP contribution in [-0.4, -0.2) is 19.7 Å². The maximum atomic E-state index is 13.1. The van der Waals surface area contributed by atoms with E-state index in [2.05, 4.69) is 36.3 Å². The number of benzene rings is 1. The van der Waals surface area contributed by atoms with E-state index in [9.17, 15) is 4.39 Å². The van der Waals surface area contributed by atoms with Crippen molar-refractivity contribution in [2.45, 2.75) is 0 Å². The van der Waals surface area contributed by atoms with Gasteiger partial charge in [-0.15, -0.1) is 0 Å². The average Bonchev–Trinajstić information content (AvgIpc) is 2.79. The van der Waals surface area contributed by atoms with E-state index in [0.717, 1.165) is 15.9 Å². The first kappa shape index (κ1) is 13.7. The first-order valence-electron chi connectivity index (χ1n) is 6.16. The molecule has 0 aliphatic heterocycles. The van der Waals surface area contributed by atoms with Gasteiger partial charge in [0.05, 0.1) is 5.69 Å². The van der Waals surface area contributed by atoms with Crippen LogP contribution in [0.3, 0.4) is 0 Å². The van der Waals surface area contributed by atoms with Gasteiger partial charge in [0.15, 0.2) is 0 Å². The molecule has 0 aliphatic rings. The van der Waals surface area contributed by atoms with E-state index in [4.69, 9.17) is 0 Å². The Morgan fingerprint density at radius 3 is 2.57 bits per heavy atom. The predicted molar refractivity (Wildman–Crippen MR) is 81.6 cm³/mol. The van der Waals surface area contributed by atoms with Crippen molar-refractivity contribution in [1.82, 2.24) is 19.7 Å². The van der Waals surface area contributed by atoms with Crippen molar-refractivity contribution in [2.24, 2.45) is 7.05 Å². The summed E-state index contributed by atoms with van der Waals surface area (Å²) in [4.78, 5) is 8.46. The first-order valence-corrected chi connectivity index (χ1v) is 6.96. The van der Waals surface area contributed by atoms with Gasteiger partial charge in [0.2, 0.25) is 5.95 Å². The summed E-state index contributed by atoms with van der Waals surface area (Å²) in [6.07, 6.45) is 3.39. The molecule has 2 heterocycles. The van der Waals surface area contributed by atoms with Gasteiger partial charge in [0, 0.05) is 30.7 Å². The van der Waals surface area contributed by atoms with Gasteiger partial charge in [-0.05, 0) is 40.2 Å². The second-order valence-electron chi connectivity index (χ2n) is 4.41. The third-order valence-electron chi connectivity index (χ3n) is 2.88. The third kappa shape index (κ3) is 3.08. The summed E-state index contributed by atoms with van der Waals surface area (Å²) in [7, 11) is 1.85. The molecule has 0 amide bonds. The molecular formula is C14H11BrFN5. The van der Waals surface area contributed by atoms with E-state index in [0.29, 0.717) is 11.6 Å². The van der Waals surface area contributed by atoms with Crippen LogP contribution in [0.4, 0.5) is 16.0 Å². The monoisotopic (exact) mass is 347 g/mol. The Hall–Kier alpha value is -2.28. The van der Waals surface area contributed by atoms with Crippen LogP contribution in [0.15, 0.2) is 47.3 Å². The van der Waals surface area contributed by atoms with Gasteiger partial charge in [-0.25, -0.2) is 14.4 Å². The Bertz CT molecular complexity index is 769. The zero-order valence-electron chi connectivity index (χ0n) is 11.1. The standard InChI is InChI=1S/C14H11BrFN5/c1-21-12(6-13(15)20-21)9-7-17-14(18-8-9)19-11-4-2-3-10(16)5-11/h2-8H,1H3,(H,17,18,19). The quantitative estimate of drug-likeness (QED) is 0.787. The average molecular weight is 348 g/mol. The van der Waals surface area contributed by atoms with Crippen molar-refractivity contribution in [2.75, 3.05) is 5.32 Å². The first-order chi connectivity index (χ1) is 10.1. The smallest absolute Gasteiger partial charge is 0.227 e. The number of rotatable bonds is 3. The minimum absolute atomic E-state index is 0.309. The highest BCUT2D eigenvalue weighted by atomic mass is 79.9. The molecule has 0 spiro atoms. The molecule has 7 heteroatoms. The fourth-order valence-corrected chi connectivity index (χ4v) is 2.38. The molecule has 3 rings (SSSR count). The lowest BCUT2D eigenvalue weighted by Gasteiger charge is -2.06. The van der Waals surface area contributed by atoms with Crippen molar-refractivity contribution in [1.29, 1.82) is 0 Å². The van der Waals surface area contributed by atoms with Crippen molar-refractivity contribution in [3.63, 3.8) is 0 Å². The van der Waals surface area contributed by atoms with Crippen LogP contribution in [0, 0.1) is 5.82 Å². The van der Waals surface area contributed by atoms with Crippen molar-refractivity contribution < 1.29 is 4.39 Å². The van der Waals surface area contributed by atoms with Gasteiger partial charge in [0.1, 0.15) is 10.4 Å². The molecule has 1 aromatic carbocycles. The molecule has 0 aliphatic carbocycles. The maximum Gasteiger partial charge on any atom is 0.227 e. The molecule has 1 N–H and O–H groups in total. The second-order valence-corrected chi connectivity index (χ2v) is 5.22. The summed E-state index contributed by atoms with van der Waals surface area (Å²) < 4.78 is 15.6. The highest BCUT2D eigenvalue weighted by Gasteiger charge is 2.07. The predicted octanol–water partition coefficient (Wildman–Crippen LogP) is 3.52. The molecule has 106 valence electrons. The van der Waals surface area contributed by atoms with E-state index in [1.54, 1.807) is 29.2 Å². The van der Waals surface area contributed by atoms with Gasteiger partial charge in [-0.2, -0.15) is 5.10 Å². The zero-order chi connectivity index (χ0) is 14.8. The lowest BCUT2D eigenvalue weighted by Crippen LogP contribution is -1.99. The molecule has 0 radical (unpaired) electrons. The second kappa shape index (κ2) is 5.61. The summed E-state index contributed by atoms with van der Waals surface area (Å²) in [5, 5.41) is 7.16. The van der Waals surface area contributed by atoms with Gasteiger partial charge in [-0.3, -0.25) is 4.68 Å². The zero-order valence-corrected chi connectivity index (χ0v) is 12.7. The van der Waals surface area contributed by atoms with E-state index in [1.165, 1.54) is 12.1 Å². The van der Waals surface area contributed by atoms with Crippen molar-refractivity contribution in [3.8, 4) is 11.3 Å². The molecule has 5 nitrogen and oxygen atoms in total. The van der Waals surface area contributed by atoms with Crippen LogP contribution in [-0.2, 0) is 7.05 Å². The molecule has 2 aromatic heterocycles. The highest BCUT2D eigenvalue weighted by molar-refractivity contribution is 9.10. The lowest BCUT2D eigenvalue weighted by atomic mass is 10.2. The molecule has 3 aromatic rings. The van der Waals surface area contributed by atoms with Crippen molar-refractivity contribution >= 4 is 27.6 Å². The SMILES string of the molecule is Cn1nc(Br)cc1-c1cnc(Nc2cccc(F)c2)nc1. The minimum atomic E-state index is -0.309. The van der Waals surface area contributed by atoms with Gasteiger partial charge >= 0.3 is 0 Å². The Balaban J connectivity index is 1.83. The molecule has 0 unspecified atom stereocenters. The van der Waals surface area contributed by atoms with Crippen LogP contribution in [0.1, 0.15) is 0 Å². The lowest BCUT2D eigenvalue weighted by molar-refractivity contribution is 0.628. The summed E-state index contributed by atoms with van der Waals surface area (Å²) in [6.45, 7) is 0. The fraction of sp³-hybridized carbons (Fsp3) is 0.0714. The van der Waals surface area contributed by atoms with Crippen LogP contribution < -0.4 is 5.32 Å². The fourth-order valence-electron chi connectivity index (χ4n) is 1.92. The summed E-state index contributed by atoms with van der Waals surface area (Å²) in [5.41, 5.74) is 2.35. The van der Waals surface area contributed by atoms with Gasteiger partial charge in [-0.1, -0.05) is 6.07 Å². The van der Waals surface area contributed by atoms with E-state index >= 15 is 0 Å². The molecule has 0 atom stereocenters. The number of hydrogen-bond donors (Lipinski definition) is 1. The van der Waals surface area contributed by atoms with Crippen molar-refractivity contribution in [3.05, 3.63) is 53.1 Å². The Kier molecular flexibility index (Phi) is 3.66. The van der Waals surface area contributed by atoms with E-state index in [1.807, 2.05) is 13.1 Å². The maximum absolute atomic E-state index is 13.1. The number of hydrogen-bond acceptors (Lipinski definition) is 4. The summed E-state index contributed by atoms with van der Waals surface area (Å²) in [6, 6.07) is 8.03. The summed E-state index contributed by atoms with van der Waals surface area (Å²) >= 11 is 3.33. The topological polar surface area (TPSA) is 55.6 Å². The molecule has 21 heavy (non-hydrogen) atoms. The largest absolute Gasteiger partial charge is 0.324 e. The number of halogens is 2. The number of nitrogens with zero attached hydrogens (tertiary/aromatic N) is 4. The summed E-state index contributed by atoms with van der Waals surface area (Å²) in [5.74, 6) is 0.0990. The van der Waals surface area contributed by atoms with Gasteiger partial charge in [0.25, 0.3) is 0 Å². The molecule has 0 bridgehead atoms. The Morgan fingerprint density at radius 2 is 1.95 bits per heavy atom. The van der Waals surface area contributed by atoms with E-state index < -0.39 is 0 Å². The number of nitrogens with one attached hydrogen (secondary N) is 1. The van der Waals surface area contributed by atoms with Gasteiger partial charge < -0.3 is 5.32 Å². The minimum Gasteiger partial charge on any atom is -0.324 e. The molecular weight excluding hydrogens is 337 g/mol. The number of aryl methyl sites for hydroxylation is 1. The highest BCUT2D eigenvalue weighted by Crippen LogP contribution is 2.22. The van der Waals surface area contributed by atoms with Crippen LogP contribution in [0.5, 0.6) is 0 Å². The Labute approximate surface area is 129 Å². The molecule has 0 saturated heterocycles.